The number of fused-ring (bicyclic) bond motifs is 16. The van der Waals surface area contributed by atoms with Crippen molar-refractivity contribution in [1.82, 2.24) is 4.98 Å². The Morgan fingerprint density at radius 2 is 0.706 bits per heavy atom. The van der Waals surface area contributed by atoms with Crippen molar-refractivity contribution in [2.24, 2.45) is 0 Å². The van der Waals surface area contributed by atoms with Crippen LogP contribution in [0, 0.1) is 11.3 Å². The molecule has 0 radical (unpaired) electrons. The summed E-state index contributed by atoms with van der Waals surface area (Å²) in [6.07, 6.45) is 1.86. The first kappa shape index (κ1) is 38.1. The lowest BCUT2D eigenvalue weighted by molar-refractivity contribution is 0.434. The lowest BCUT2D eigenvalue weighted by Crippen LogP contribution is -2.39. The number of nitriles is 1. The quantitative estimate of drug-likeness (QED) is 0.176. The van der Waals surface area contributed by atoms with E-state index in [4.69, 9.17) is 14.5 Å². The molecule has 0 atom stereocenters. The minimum absolute atomic E-state index is 0.537. The summed E-state index contributed by atoms with van der Waals surface area (Å²) in [5.74, 6) is 3.37. The number of anilines is 6. The summed E-state index contributed by atoms with van der Waals surface area (Å²) in [5, 5.41) is 10.8. The molecule has 9 aromatic carbocycles. The van der Waals surface area contributed by atoms with Crippen molar-refractivity contribution in [1.29, 1.82) is 5.26 Å². The van der Waals surface area contributed by atoms with Gasteiger partial charge in [-0.25, -0.2) is 0 Å². The highest BCUT2D eigenvalue weighted by atomic mass is 16.5. The van der Waals surface area contributed by atoms with Crippen LogP contribution >= 0.6 is 0 Å². The first-order chi connectivity index (χ1) is 33.7. The fourth-order valence-electron chi connectivity index (χ4n) is 11.9. The largest absolute Gasteiger partial charge is 0.457 e. The molecule has 6 nitrogen and oxygen atoms in total. The van der Waals surface area contributed by atoms with Gasteiger partial charge in [0.2, 0.25) is 0 Å². The molecule has 6 heteroatoms. The number of hydrogen-bond acceptors (Lipinski definition) is 6. The molecule has 0 aliphatic carbocycles. The number of hydrogen-bond donors (Lipinski definition) is 0. The second kappa shape index (κ2) is 14.4. The fourth-order valence-corrected chi connectivity index (χ4v) is 11.9. The average molecular weight is 871 g/mol. The van der Waals surface area contributed by atoms with Gasteiger partial charge in [0.1, 0.15) is 23.0 Å². The van der Waals surface area contributed by atoms with Crippen molar-refractivity contribution in [2.75, 3.05) is 9.80 Å². The highest BCUT2D eigenvalue weighted by Crippen LogP contribution is 2.64. The Morgan fingerprint density at radius 3 is 1.09 bits per heavy atom. The van der Waals surface area contributed by atoms with Crippen molar-refractivity contribution < 1.29 is 9.47 Å². The molecule has 2 spiro atoms. The highest BCUT2D eigenvalue weighted by molar-refractivity contribution is 5.94. The fraction of sp³-hybridized carbons (Fsp3) is 0.0323. The van der Waals surface area contributed by atoms with E-state index >= 15 is 0 Å². The Kier molecular flexibility index (Phi) is 8.08. The topological polar surface area (TPSA) is 61.6 Å². The van der Waals surface area contributed by atoms with Crippen LogP contribution in [-0.2, 0) is 10.8 Å². The monoisotopic (exact) mass is 870 g/mol. The lowest BCUT2D eigenvalue weighted by atomic mass is 9.61. The van der Waals surface area contributed by atoms with Crippen LogP contribution in [0.25, 0.3) is 11.3 Å². The van der Waals surface area contributed by atoms with Crippen molar-refractivity contribution >= 4 is 34.1 Å². The molecule has 0 saturated heterocycles. The molecule has 0 bridgehead atoms. The Hall–Kier alpha value is -9.18. The molecule has 0 unspecified atom stereocenters. The van der Waals surface area contributed by atoms with Gasteiger partial charge in [0, 0.05) is 45.4 Å². The normalized spacial score (nSPS) is 14.6. The molecule has 0 fully saturated rings. The Balaban J connectivity index is 0.946. The summed E-state index contributed by atoms with van der Waals surface area (Å²) >= 11 is 0. The van der Waals surface area contributed by atoms with Crippen LogP contribution in [0.1, 0.15) is 50.1 Å². The Bertz CT molecular complexity index is 3590. The first-order valence-corrected chi connectivity index (χ1v) is 22.9. The zero-order valence-electron chi connectivity index (χ0n) is 36.5. The molecular weight excluding hydrogens is 833 g/mol. The van der Waals surface area contributed by atoms with Gasteiger partial charge in [-0.15, -0.1) is 0 Å². The maximum absolute atomic E-state index is 10.8. The molecule has 1 aromatic heterocycles. The maximum atomic E-state index is 10.8. The van der Waals surface area contributed by atoms with Gasteiger partial charge in [0.15, 0.2) is 0 Å². The summed E-state index contributed by atoms with van der Waals surface area (Å²) in [4.78, 5) is 9.72. The average Bonchev–Trinajstić information content (AvgIpc) is 3.41. The van der Waals surface area contributed by atoms with Crippen LogP contribution in [0.2, 0.25) is 0 Å². The lowest BCUT2D eigenvalue weighted by Gasteiger charge is -2.48. The highest BCUT2D eigenvalue weighted by Gasteiger charge is 2.52. The molecular formula is C62H38N4O2. The van der Waals surface area contributed by atoms with Gasteiger partial charge in [-0.2, -0.15) is 5.26 Å². The van der Waals surface area contributed by atoms with Gasteiger partial charge < -0.3 is 19.3 Å². The number of pyridine rings is 1. The van der Waals surface area contributed by atoms with Crippen LogP contribution in [0.3, 0.4) is 0 Å². The summed E-state index contributed by atoms with van der Waals surface area (Å²) in [7, 11) is 0. The molecule has 14 rings (SSSR count). The molecule has 5 heterocycles. The van der Waals surface area contributed by atoms with E-state index in [-0.39, 0.29) is 0 Å². The molecule has 318 valence electrons. The van der Waals surface area contributed by atoms with Crippen LogP contribution in [0.15, 0.2) is 231 Å². The minimum Gasteiger partial charge on any atom is -0.457 e. The van der Waals surface area contributed by atoms with E-state index in [1.54, 1.807) is 0 Å². The van der Waals surface area contributed by atoms with Gasteiger partial charge >= 0.3 is 0 Å². The summed E-state index contributed by atoms with van der Waals surface area (Å²) < 4.78 is 13.3. The first-order valence-electron chi connectivity index (χ1n) is 22.9. The van der Waals surface area contributed by atoms with Crippen LogP contribution in [0.5, 0.6) is 23.0 Å². The van der Waals surface area contributed by atoms with Gasteiger partial charge in [-0.05, 0) is 101 Å². The number of nitrogens with zero attached hydrogens (tertiary/aromatic N) is 4. The van der Waals surface area contributed by atoms with Crippen molar-refractivity contribution in [3.05, 3.63) is 281 Å². The van der Waals surface area contributed by atoms with Gasteiger partial charge in [0.05, 0.1) is 50.9 Å². The molecule has 10 aromatic rings. The van der Waals surface area contributed by atoms with E-state index in [0.717, 1.165) is 107 Å². The molecule has 68 heavy (non-hydrogen) atoms. The number of para-hydroxylation sites is 8. The minimum atomic E-state index is -0.658. The summed E-state index contributed by atoms with van der Waals surface area (Å²) in [5.41, 5.74) is 15.7. The number of ether oxygens (including phenoxy) is 2. The van der Waals surface area contributed by atoms with E-state index in [1.807, 2.05) is 36.5 Å². The van der Waals surface area contributed by atoms with Crippen molar-refractivity contribution in [3.8, 4) is 40.3 Å². The predicted molar refractivity (Wildman–Crippen MR) is 268 cm³/mol. The smallest absolute Gasteiger partial charge is 0.132 e. The standard InChI is InChI=1S/C62H38N4O2/c63-39-40-33-34-41(65-53-25-9-1-17-44(53)61(45-18-2-10-26-54(45)65)48-21-5-13-29-57(48)67-58-30-14-6-22-49(58)61)37-43(40)52-38-42(35-36-64-52)66-55-27-11-3-19-46(55)62(47-20-4-12-28-56(47)66)50-23-7-15-31-59(50)68-60-32-16-8-24-51(60)62/h1-38H. The van der Waals surface area contributed by atoms with Crippen LogP contribution in [0.4, 0.5) is 34.1 Å². The molecule has 4 aliphatic heterocycles. The van der Waals surface area contributed by atoms with Crippen molar-refractivity contribution in [3.63, 3.8) is 0 Å². The zero-order chi connectivity index (χ0) is 45.0. The number of benzene rings is 9. The number of aromatic nitrogens is 1. The predicted octanol–water partition coefficient (Wildman–Crippen LogP) is 15.2. The Labute approximate surface area is 393 Å². The zero-order valence-corrected chi connectivity index (χ0v) is 36.5. The van der Waals surface area contributed by atoms with Crippen LogP contribution < -0.4 is 19.3 Å². The van der Waals surface area contributed by atoms with Crippen LogP contribution in [-0.4, -0.2) is 4.98 Å². The molecule has 0 amide bonds. The second-order valence-corrected chi connectivity index (χ2v) is 17.7. The SMILES string of the molecule is N#Cc1ccc(N2c3ccccc3C3(c4ccccc4Oc4ccccc43)c3ccccc32)cc1-c1cc(N2c3ccccc3C3(c4ccccc4Oc4ccccc43)c3ccccc32)ccn1. The third-order valence-corrected chi connectivity index (χ3v) is 14.5. The van der Waals surface area contributed by atoms with E-state index in [1.165, 1.54) is 0 Å². The Morgan fingerprint density at radius 1 is 0.368 bits per heavy atom. The second-order valence-electron chi connectivity index (χ2n) is 17.7. The van der Waals surface area contributed by atoms with E-state index in [9.17, 15) is 5.26 Å². The molecule has 0 N–H and O–H groups in total. The molecule has 4 aliphatic rings. The third kappa shape index (κ3) is 5.02. The summed E-state index contributed by atoms with van der Waals surface area (Å²) in [6.45, 7) is 0. The van der Waals surface area contributed by atoms with E-state index in [0.29, 0.717) is 11.3 Å². The van der Waals surface area contributed by atoms with E-state index in [2.05, 4.69) is 210 Å². The summed E-state index contributed by atoms with van der Waals surface area (Å²) in [6, 6.07) is 81.3. The van der Waals surface area contributed by atoms with E-state index < -0.39 is 10.8 Å². The van der Waals surface area contributed by atoms with Gasteiger partial charge in [-0.1, -0.05) is 146 Å². The maximum Gasteiger partial charge on any atom is 0.132 e. The van der Waals surface area contributed by atoms with Gasteiger partial charge in [0.25, 0.3) is 0 Å². The third-order valence-electron chi connectivity index (χ3n) is 14.5. The number of rotatable bonds is 3. The van der Waals surface area contributed by atoms with Gasteiger partial charge in [-0.3, -0.25) is 4.98 Å². The molecule has 0 saturated carbocycles. The van der Waals surface area contributed by atoms with Crippen molar-refractivity contribution in [2.45, 2.75) is 10.8 Å².